The van der Waals surface area contributed by atoms with Gasteiger partial charge in [-0.1, -0.05) is 48.5 Å². The molecule has 2 aromatic rings. The molecule has 24 heavy (non-hydrogen) atoms. The van der Waals surface area contributed by atoms with E-state index in [1.54, 1.807) is 17.0 Å². The Kier molecular flexibility index (Phi) is 5.16. The fourth-order valence-electron chi connectivity index (χ4n) is 3.15. The van der Waals surface area contributed by atoms with E-state index in [2.05, 4.69) is 24.4 Å². The highest BCUT2D eigenvalue weighted by molar-refractivity contribution is 5.82. The molecule has 0 aliphatic carbocycles. The largest absolute Gasteiger partial charge is 0.382 e. The van der Waals surface area contributed by atoms with Gasteiger partial charge in [-0.2, -0.15) is 0 Å². The minimum atomic E-state index is -1.06. The fraction of sp³-hybridized carbons (Fsp3) is 0.350. The van der Waals surface area contributed by atoms with Crippen LogP contribution >= 0.6 is 0 Å². The molecule has 1 atom stereocenters. The van der Waals surface area contributed by atoms with Gasteiger partial charge in [0.05, 0.1) is 0 Å². The number of aliphatic hydroxyl groups is 1. The zero-order chi connectivity index (χ0) is 16.9. The Morgan fingerprint density at radius 3 is 2.38 bits per heavy atom. The summed E-state index contributed by atoms with van der Waals surface area (Å²) < 4.78 is 0. The van der Waals surface area contributed by atoms with E-state index in [0.717, 1.165) is 18.5 Å². The molecule has 1 amide bonds. The number of benzene rings is 2. The monoisotopic (exact) mass is 324 g/mol. The van der Waals surface area contributed by atoms with Crippen molar-refractivity contribution in [1.29, 1.82) is 0 Å². The third kappa shape index (κ3) is 3.77. The van der Waals surface area contributed by atoms with Crippen molar-refractivity contribution in [3.05, 3.63) is 65.7 Å². The summed E-state index contributed by atoms with van der Waals surface area (Å²) in [5, 5.41) is 13.8. The number of carbonyl (C=O) groups is 1. The van der Waals surface area contributed by atoms with Crippen LogP contribution in [-0.4, -0.2) is 35.0 Å². The summed E-state index contributed by atoms with van der Waals surface area (Å²) in [6, 6.07) is 17.7. The van der Waals surface area contributed by atoms with Crippen molar-refractivity contribution in [2.24, 2.45) is 0 Å². The zero-order valence-corrected chi connectivity index (χ0v) is 14.0. The quantitative estimate of drug-likeness (QED) is 0.908. The molecular formula is C20H24N2O2. The lowest BCUT2D eigenvalue weighted by Gasteiger charge is -2.34. The lowest BCUT2D eigenvalue weighted by Crippen LogP contribution is -2.44. The first-order chi connectivity index (χ1) is 11.6. The number of aryl methyl sites for hydroxylation is 1. The summed E-state index contributed by atoms with van der Waals surface area (Å²) in [6.45, 7) is 3.44. The van der Waals surface area contributed by atoms with E-state index in [0.29, 0.717) is 24.7 Å². The Morgan fingerprint density at radius 2 is 1.71 bits per heavy atom. The van der Waals surface area contributed by atoms with E-state index >= 15 is 0 Å². The molecule has 0 spiro atoms. The van der Waals surface area contributed by atoms with Gasteiger partial charge in [0.15, 0.2) is 6.10 Å². The molecule has 1 aliphatic heterocycles. The van der Waals surface area contributed by atoms with Crippen LogP contribution in [0.1, 0.15) is 30.1 Å². The average molecular weight is 324 g/mol. The molecule has 4 nitrogen and oxygen atoms in total. The molecule has 0 saturated carbocycles. The molecule has 1 aliphatic rings. The fourth-order valence-corrected chi connectivity index (χ4v) is 3.15. The first kappa shape index (κ1) is 16.5. The zero-order valence-electron chi connectivity index (χ0n) is 14.0. The molecule has 126 valence electrons. The number of para-hydroxylation sites is 1. The first-order valence-corrected chi connectivity index (χ1v) is 8.49. The lowest BCUT2D eigenvalue weighted by atomic mass is 10.0. The Balaban J connectivity index is 1.55. The van der Waals surface area contributed by atoms with Gasteiger partial charge in [-0.25, -0.2) is 0 Å². The predicted molar refractivity (Wildman–Crippen MR) is 95.8 cm³/mol. The molecular weight excluding hydrogens is 300 g/mol. The molecule has 2 N–H and O–H groups in total. The highest BCUT2D eigenvalue weighted by atomic mass is 16.3. The van der Waals surface area contributed by atoms with Crippen molar-refractivity contribution >= 4 is 11.6 Å². The number of nitrogens with one attached hydrogen (secondary N) is 1. The maximum Gasteiger partial charge on any atom is 0.256 e. The molecule has 4 heteroatoms. The van der Waals surface area contributed by atoms with Crippen molar-refractivity contribution < 1.29 is 9.90 Å². The Hall–Kier alpha value is -2.33. The standard InChI is InChI=1S/C20H24N2O2/c1-15-7-5-6-10-18(15)21-17-11-13-22(14-12-17)20(24)19(23)16-8-3-2-4-9-16/h2-10,17,19,21,23H,11-14H2,1H3/t19-/m0/s1. The molecule has 3 rings (SSSR count). The first-order valence-electron chi connectivity index (χ1n) is 8.49. The van der Waals surface area contributed by atoms with E-state index in [1.165, 1.54) is 5.56 Å². The molecule has 0 bridgehead atoms. The van der Waals surface area contributed by atoms with Gasteiger partial charge in [-0.3, -0.25) is 4.79 Å². The van der Waals surface area contributed by atoms with Gasteiger partial charge in [0.25, 0.3) is 5.91 Å². The molecule has 1 heterocycles. The van der Waals surface area contributed by atoms with Crippen LogP contribution in [0.15, 0.2) is 54.6 Å². The summed E-state index contributed by atoms with van der Waals surface area (Å²) >= 11 is 0. The van der Waals surface area contributed by atoms with Crippen LogP contribution in [0.2, 0.25) is 0 Å². The summed E-state index contributed by atoms with van der Waals surface area (Å²) in [5.41, 5.74) is 3.05. The highest BCUT2D eigenvalue weighted by Gasteiger charge is 2.27. The molecule has 0 unspecified atom stereocenters. The van der Waals surface area contributed by atoms with Crippen LogP contribution in [0.5, 0.6) is 0 Å². The molecule has 2 aromatic carbocycles. The van der Waals surface area contributed by atoms with Gasteiger partial charge < -0.3 is 15.3 Å². The second-order valence-electron chi connectivity index (χ2n) is 6.37. The van der Waals surface area contributed by atoms with Crippen LogP contribution in [0.3, 0.4) is 0 Å². The number of hydrogen-bond donors (Lipinski definition) is 2. The number of amides is 1. The van der Waals surface area contributed by atoms with Crippen molar-refractivity contribution in [2.75, 3.05) is 18.4 Å². The maximum atomic E-state index is 12.5. The maximum absolute atomic E-state index is 12.5. The lowest BCUT2D eigenvalue weighted by molar-refractivity contribution is -0.141. The van der Waals surface area contributed by atoms with E-state index in [9.17, 15) is 9.90 Å². The number of rotatable bonds is 4. The van der Waals surface area contributed by atoms with Crippen LogP contribution in [0.4, 0.5) is 5.69 Å². The van der Waals surface area contributed by atoms with Gasteiger partial charge in [0.1, 0.15) is 0 Å². The van der Waals surface area contributed by atoms with Crippen molar-refractivity contribution in [3.8, 4) is 0 Å². The Labute approximate surface area is 143 Å². The number of hydrogen-bond acceptors (Lipinski definition) is 3. The van der Waals surface area contributed by atoms with Gasteiger partial charge in [0.2, 0.25) is 0 Å². The van der Waals surface area contributed by atoms with Crippen molar-refractivity contribution in [2.45, 2.75) is 31.9 Å². The van der Waals surface area contributed by atoms with Crippen molar-refractivity contribution in [1.82, 2.24) is 4.90 Å². The molecule has 1 saturated heterocycles. The number of piperidine rings is 1. The third-order valence-corrected chi connectivity index (χ3v) is 4.66. The van der Waals surface area contributed by atoms with Crippen LogP contribution < -0.4 is 5.32 Å². The van der Waals surface area contributed by atoms with Gasteiger partial charge >= 0.3 is 0 Å². The predicted octanol–water partition coefficient (Wildman–Crippen LogP) is 3.13. The topological polar surface area (TPSA) is 52.6 Å². The summed E-state index contributed by atoms with van der Waals surface area (Å²) in [7, 11) is 0. The summed E-state index contributed by atoms with van der Waals surface area (Å²) in [6.07, 6.45) is 0.718. The van der Waals surface area contributed by atoms with Gasteiger partial charge in [-0.05, 0) is 37.0 Å². The normalized spacial score (nSPS) is 16.7. The van der Waals surface area contributed by atoms with Gasteiger partial charge in [-0.15, -0.1) is 0 Å². The van der Waals surface area contributed by atoms with Crippen LogP contribution in [-0.2, 0) is 4.79 Å². The number of aliphatic hydroxyl groups excluding tert-OH is 1. The summed E-state index contributed by atoms with van der Waals surface area (Å²) in [4.78, 5) is 14.2. The SMILES string of the molecule is Cc1ccccc1NC1CCN(C(=O)[C@@H](O)c2ccccc2)CC1. The third-order valence-electron chi connectivity index (χ3n) is 4.66. The number of likely N-dealkylation sites (tertiary alicyclic amines) is 1. The number of nitrogens with zero attached hydrogens (tertiary/aromatic N) is 1. The average Bonchev–Trinajstić information content (AvgIpc) is 2.64. The molecule has 1 fully saturated rings. The minimum Gasteiger partial charge on any atom is -0.382 e. The smallest absolute Gasteiger partial charge is 0.256 e. The van der Waals surface area contributed by atoms with E-state index in [4.69, 9.17) is 0 Å². The van der Waals surface area contributed by atoms with Crippen LogP contribution in [0, 0.1) is 6.92 Å². The van der Waals surface area contributed by atoms with Gasteiger partial charge in [0, 0.05) is 24.8 Å². The minimum absolute atomic E-state index is 0.199. The second-order valence-corrected chi connectivity index (χ2v) is 6.37. The van der Waals surface area contributed by atoms with E-state index < -0.39 is 6.10 Å². The molecule has 0 aromatic heterocycles. The number of anilines is 1. The van der Waals surface area contributed by atoms with E-state index in [-0.39, 0.29) is 5.91 Å². The second kappa shape index (κ2) is 7.49. The van der Waals surface area contributed by atoms with Crippen LogP contribution in [0.25, 0.3) is 0 Å². The van der Waals surface area contributed by atoms with E-state index in [1.807, 2.05) is 30.3 Å². The Morgan fingerprint density at radius 1 is 1.08 bits per heavy atom. The number of carbonyl (C=O) groups excluding carboxylic acids is 1. The highest BCUT2D eigenvalue weighted by Crippen LogP contribution is 2.22. The molecule has 0 radical (unpaired) electrons. The Bertz CT molecular complexity index is 679. The summed E-state index contributed by atoms with van der Waals surface area (Å²) in [5.74, 6) is -0.199. The van der Waals surface area contributed by atoms with Crippen molar-refractivity contribution in [3.63, 3.8) is 0 Å².